The minimum absolute atomic E-state index is 0.139. The van der Waals surface area contributed by atoms with E-state index in [0.717, 1.165) is 17.2 Å². The van der Waals surface area contributed by atoms with Crippen LogP contribution in [0.5, 0.6) is 0 Å². The molecule has 1 aromatic heterocycles. The average molecular weight is 287 g/mol. The number of hydrogen-bond acceptors (Lipinski definition) is 4. The maximum Gasteiger partial charge on any atom is 0.326 e. The molecule has 0 saturated heterocycles. The molecular formula is C14H13N3O4. The molecule has 2 unspecified atom stereocenters. The Morgan fingerprint density at radius 3 is 2.76 bits per heavy atom. The van der Waals surface area contributed by atoms with Gasteiger partial charge in [0.25, 0.3) is 11.5 Å². The van der Waals surface area contributed by atoms with Gasteiger partial charge in [-0.3, -0.25) is 14.6 Å². The van der Waals surface area contributed by atoms with E-state index in [1.807, 2.05) is 29.2 Å². The summed E-state index contributed by atoms with van der Waals surface area (Å²) in [6, 6.07) is 7.85. The Balaban J connectivity index is 1.88. The average Bonchev–Trinajstić information content (AvgIpc) is 2.74. The van der Waals surface area contributed by atoms with E-state index in [9.17, 15) is 19.5 Å². The third kappa shape index (κ3) is 2.50. The van der Waals surface area contributed by atoms with E-state index in [1.54, 1.807) is 0 Å². The second-order valence-corrected chi connectivity index (χ2v) is 4.92. The topological polar surface area (TPSA) is 115 Å². The lowest BCUT2D eigenvalue weighted by atomic mass is 10.1. The quantitative estimate of drug-likeness (QED) is 0.593. The number of aromatic amines is 2. The number of aliphatic hydroxyl groups is 1. The van der Waals surface area contributed by atoms with Crippen LogP contribution >= 0.6 is 0 Å². The normalized spacial score (nSPS) is 20.0. The van der Waals surface area contributed by atoms with Gasteiger partial charge in [0.1, 0.15) is 5.69 Å². The molecule has 3 rings (SSSR count). The molecule has 1 heterocycles. The summed E-state index contributed by atoms with van der Waals surface area (Å²) in [5.41, 5.74) is 0.261. The Morgan fingerprint density at radius 2 is 2.00 bits per heavy atom. The van der Waals surface area contributed by atoms with Crippen molar-refractivity contribution in [2.45, 2.75) is 18.6 Å². The summed E-state index contributed by atoms with van der Waals surface area (Å²) in [5.74, 6) is -0.612. The summed E-state index contributed by atoms with van der Waals surface area (Å²) in [4.78, 5) is 38.7. The molecule has 2 atom stereocenters. The highest BCUT2D eigenvalue weighted by Gasteiger charge is 2.32. The van der Waals surface area contributed by atoms with Crippen molar-refractivity contribution in [2.75, 3.05) is 0 Å². The van der Waals surface area contributed by atoms with Gasteiger partial charge in [0.2, 0.25) is 0 Å². The van der Waals surface area contributed by atoms with E-state index in [-0.39, 0.29) is 5.69 Å². The summed E-state index contributed by atoms with van der Waals surface area (Å²) in [7, 11) is 0. The monoisotopic (exact) mass is 287 g/mol. The highest BCUT2D eigenvalue weighted by atomic mass is 16.3. The zero-order chi connectivity index (χ0) is 15.0. The predicted octanol–water partition coefficient (Wildman–Crippen LogP) is -0.549. The van der Waals surface area contributed by atoms with Crippen LogP contribution in [-0.4, -0.2) is 27.1 Å². The molecule has 21 heavy (non-hydrogen) atoms. The van der Waals surface area contributed by atoms with Crippen molar-refractivity contribution in [3.63, 3.8) is 0 Å². The second kappa shape index (κ2) is 5.02. The molecule has 0 radical (unpaired) electrons. The van der Waals surface area contributed by atoms with E-state index >= 15 is 0 Å². The SMILES string of the molecule is O=C(NC1c2ccccc2CC1O)c1cc(=O)[nH]c(=O)[nH]1. The van der Waals surface area contributed by atoms with Crippen LogP contribution in [0.2, 0.25) is 0 Å². The molecule has 1 amide bonds. The van der Waals surface area contributed by atoms with Crippen molar-refractivity contribution in [2.24, 2.45) is 0 Å². The van der Waals surface area contributed by atoms with E-state index < -0.39 is 29.3 Å². The number of benzene rings is 1. The number of carbonyl (C=O) groups is 1. The molecule has 7 heteroatoms. The standard InChI is InChI=1S/C14H13N3O4/c18-10-5-7-3-1-2-4-8(7)12(10)17-13(20)9-6-11(19)16-14(21)15-9/h1-4,6,10,12,18H,5H2,(H,17,20)(H2,15,16,19,21). The second-order valence-electron chi connectivity index (χ2n) is 4.92. The van der Waals surface area contributed by atoms with Crippen LogP contribution < -0.4 is 16.6 Å². The van der Waals surface area contributed by atoms with Crippen LogP contribution in [0.4, 0.5) is 0 Å². The van der Waals surface area contributed by atoms with Gasteiger partial charge in [-0.1, -0.05) is 24.3 Å². The summed E-state index contributed by atoms with van der Waals surface area (Å²) in [6.07, 6.45) is -0.285. The fourth-order valence-corrected chi connectivity index (χ4v) is 2.56. The lowest BCUT2D eigenvalue weighted by Gasteiger charge is -2.17. The van der Waals surface area contributed by atoms with Gasteiger partial charge in [0.05, 0.1) is 12.1 Å². The van der Waals surface area contributed by atoms with Crippen molar-refractivity contribution in [3.8, 4) is 0 Å². The Morgan fingerprint density at radius 1 is 1.24 bits per heavy atom. The molecule has 0 bridgehead atoms. The first kappa shape index (κ1) is 13.3. The number of carbonyl (C=O) groups excluding carboxylic acids is 1. The number of aromatic nitrogens is 2. The molecule has 2 aromatic rings. The molecule has 1 aliphatic rings. The number of fused-ring (bicyclic) bond motifs is 1. The number of aliphatic hydroxyl groups excluding tert-OH is 1. The van der Waals surface area contributed by atoms with Gasteiger partial charge in [0.15, 0.2) is 0 Å². The maximum atomic E-state index is 12.1. The Hall–Kier alpha value is -2.67. The molecule has 108 valence electrons. The smallest absolute Gasteiger partial charge is 0.326 e. The van der Waals surface area contributed by atoms with Gasteiger partial charge in [-0.2, -0.15) is 0 Å². The first-order valence-corrected chi connectivity index (χ1v) is 6.45. The van der Waals surface area contributed by atoms with Gasteiger partial charge >= 0.3 is 5.69 Å². The van der Waals surface area contributed by atoms with Crippen molar-refractivity contribution in [3.05, 3.63) is 68.0 Å². The zero-order valence-corrected chi connectivity index (χ0v) is 10.9. The minimum atomic E-state index is -0.750. The number of nitrogens with one attached hydrogen (secondary N) is 3. The number of amides is 1. The van der Waals surface area contributed by atoms with Gasteiger partial charge in [-0.15, -0.1) is 0 Å². The zero-order valence-electron chi connectivity index (χ0n) is 10.9. The first-order valence-electron chi connectivity index (χ1n) is 6.45. The highest BCUT2D eigenvalue weighted by molar-refractivity contribution is 5.92. The summed E-state index contributed by atoms with van der Waals surface area (Å²) in [5, 5.41) is 12.7. The van der Waals surface area contributed by atoms with Crippen LogP contribution in [0.25, 0.3) is 0 Å². The van der Waals surface area contributed by atoms with Gasteiger partial charge in [0, 0.05) is 12.5 Å². The maximum absolute atomic E-state index is 12.1. The van der Waals surface area contributed by atoms with E-state index in [2.05, 4.69) is 10.3 Å². The fraction of sp³-hybridized carbons (Fsp3) is 0.214. The summed E-state index contributed by atoms with van der Waals surface area (Å²) < 4.78 is 0. The molecule has 1 aliphatic carbocycles. The number of hydrogen-bond donors (Lipinski definition) is 4. The molecule has 7 nitrogen and oxygen atoms in total. The Kier molecular flexibility index (Phi) is 3.19. The Bertz CT molecular complexity index is 780. The van der Waals surface area contributed by atoms with E-state index in [0.29, 0.717) is 6.42 Å². The lowest BCUT2D eigenvalue weighted by Crippen LogP contribution is -2.36. The van der Waals surface area contributed by atoms with Crippen molar-refractivity contribution in [1.29, 1.82) is 0 Å². The molecule has 0 aliphatic heterocycles. The lowest BCUT2D eigenvalue weighted by molar-refractivity contribution is 0.0853. The Labute approximate surface area is 118 Å². The predicted molar refractivity (Wildman–Crippen MR) is 74.0 cm³/mol. The molecule has 0 fully saturated rings. The van der Waals surface area contributed by atoms with Crippen LogP contribution in [0.15, 0.2) is 39.9 Å². The summed E-state index contributed by atoms with van der Waals surface area (Å²) in [6.45, 7) is 0. The van der Waals surface area contributed by atoms with Crippen molar-refractivity contribution in [1.82, 2.24) is 15.3 Å². The van der Waals surface area contributed by atoms with Crippen LogP contribution in [0, 0.1) is 0 Å². The van der Waals surface area contributed by atoms with E-state index in [1.165, 1.54) is 0 Å². The largest absolute Gasteiger partial charge is 0.390 e. The van der Waals surface area contributed by atoms with Crippen LogP contribution in [-0.2, 0) is 6.42 Å². The highest BCUT2D eigenvalue weighted by Crippen LogP contribution is 2.31. The van der Waals surface area contributed by atoms with Crippen LogP contribution in [0.1, 0.15) is 27.7 Å². The molecule has 0 saturated carbocycles. The number of rotatable bonds is 2. The van der Waals surface area contributed by atoms with Crippen molar-refractivity contribution >= 4 is 5.91 Å². The third-order valence-corrected chi connectivity index (χ3v) is 3.50. The van der Waals surface area contributed by atoms with Gasteiger partial charge < -0.3 is 15.4 Å². The first-order chi connectivity index (χ1) is 10.0. The molecule has 0 spiro atoms. The molecule has 4 N–H and O–H groups in total. The van der Waals surface area contributed by atoms with E-state index in [4.69, 9.17) is 0 Å². The van der Waals surface area contributed by atoms with Gasteiger partial charge in [-0.25, -0.2) is 4.79 Å². The fourth-order valence-electron chi connectivity index (χ4n) is 2.56. The van der Waals surface area contributed by atoms with Gasteiger partial charge in [-0.05, 0) is 11.1 Å². The van der Waals surface area contributed by atoms with Crippen LogP contribution in [0.3, 0.4) is 0 Å². The molecular weight excluding hydrogens is 274 g/mol. The molecule has 1 aromatic carbocycles. The summed E-state index contributed by atoms with van der Waals surface area (Å²) >= 11 is 0. The minimum Gasteiger partial charge on any atom is -0.390 e. The third-order valence-electron chi connectivity index (χ3n) is 3.50. The van der Waals surface area contributed by atoms with Crippen molar-refractivity contribution < 1.29 is 9.90 Å². The number of H-pyrrole nitrogens is 2.